The number of aryl methyl sites for hydroxylation is 1. The van der Waals surface area contributed by atoms with Gasteiger partial charge in [0.25, 0.3) is 0 Å². The summed E-state index contributed by atoms with van der Waals surface area (Å²) in [6, 6.07) is 2.84. The van der Waals surface area contributed by atoms with Crippen molar-refractivity contribution in [2.75, 3.05) is 5.32 Å². The Kier molecular flexibility index (Phi) is 4.22. The smallest absolute Gasteiger partial charge is 0.238 e. The lowest BCUT2D eigenvalue weighted by atomic mass is 9.61. The van der Waals surface area contributed by atoms with Crippen LogP contribution in [0.5, 0.6) is 0 Å². The number of benzene rings is 1. The largest absolute Gasteiger partial charge is 0.409 e. The number of anilines is 1. The monoisotopic (exact) mass is 357 g/mol. The van der Waals surface area contributed by atoms with E-state index in [4.69, 9.17) is 10.9 Å². The summed E-state index contributed by atoms with van der Waals surface area (Å²) in [6.07, 6.45) is 1.05. The van der Waals surface area contributed by atoms with Crippen LogP contribution in [-0.2, 0) is 4.79 Å². The second-order valence-electron chi connectivity index (χ2n) is 5.62. The van der Waals surface area contributed by atoms with E-state index in [1.165, 1.54) is 12.1 Å². The van der Waals surface area contributed by atoms with Gasteiger partial charge >= 0.3 is 0 Å². The normalized spacial score (nSPS) is 25.3. The molecule has 0 saturated heterocycles. The Balaban J connectivity index is 2.27. The Bertz CT molecular complexity index is 612. The second kappa shape index (κ2) is 5.63. The molecule has 7 heteroatoms. The van der Waals surface area contributed by atoms with Crippen LogP contribution >= 0.6 is 15.9 Å². The molecule has 4 N–H and O–H groups in total. The van der Waals surface area contributed by atoms with Crippen molar-refractivity contribution in [2.45, 2.75) is 26.7 Å². The van der Waals surface area contributed by atoms with Gasteiger partial charge < -0.3 is 16.3 Å². The number of carbonyl (C=O) groups is 1. The second-order valence-corrected chi connectivity index (χ2v) is 6.47. The number of oxime groups is 1. The molecule has 0 unspecified atom stereocenters. The SMILES string of the molecule is Cc1cc(F)c(Br)cc1NC(=O)C1(/C(N)=N/O)CC(C)C1. The summed E-state index contributed by atoms with van der Waals surface area (Å²) in [5, 5.41) is 14.6. The van der Waals surface area contributed by atoms with E-state index in [9.17, 15) is 9.18 Å². The molecule has 5 nitrogen and oxygen atoms in total. The number of hydrogen-bond acceptors (Lipinski definition) is 3. The van der Waals surface area contributed by atoms with Crippen molar-refractivity contribution in [3.8, 4) is 0 Å². The van der Waals surface area contributed by atoms with E-state index >= 15 is 0 Å². The molecule has 1 aromatic rings. The average molecular weight is 358 g/mol. The average Bonchev–Trinajstić information content (AvgIpc) is 2.39. The minimum atomic E-state index is -0.985. The maximum atomic E-state index is 13.4. The molecule has 21 heavy (non-hydrogen) atoms. The topological polar surface area (TPSA) is 87.7 Å². The summed E-state index contributed by atoms with van der Waals surface area (Å²) in [6.45, 7) is 3.70. The fraction of sp³-hybridized carbons (Fsp3) is 0.429. The molecule has 0 spiro atoms. The molecule has 0 aromatic heterocycles. The van der Waals surface area contributed by atoms with Crippen LogP contribution in [0, 0.1) is 24.1 Å². The molecular weight excluding hydrogens is 341 g/mol. The van der Waals surface area contributed by atoms with Crippen molar-refractivity contribution < 1.29 is 14.4 Å². The van der Waals surface area contributed by atoms with Crippen LogP contribution in [0.4, 0.5) is 10.1 Å². The van der Waals surface area contributed by atoms with Crippen LogP contribution in [0.1, 0.15) is 25.3 Å². The van der Waals surface area contributed by atoms with Crippen molar-refractivity contribution in [1.29, 1.82) is 0 Å². The highest BCUT2D eigenvalue weighted by Gasteiger charge is 2.52. The molecule has 0 bridgehead atoms. The van der Waals surface area contributed by atoms with Gasteiger partial charge in [0.05, 0.1) is 4.47 Å². The third-order valence-corrected chi connectivity index (χ3v) is 4.55. The van der Waals surface area contributed by atoms with Gasteiger partial charge in [-0.1, -0.05) is 12.1 Å². The molecule has 1 aliphatic rings. The predicted molar refractivity (Wildman–Crippen MR) is 81.7 cm³/mol. The Morgan fingerprint density at radius 2 is 2.19 bits per heavy atom. The van der Waals surface area contributed by atoms with Gasteiger partial charge in [0.2, 0.25) is 5.91 Å². The van der Waals surface area contributed by atoms with Crippen LogP contribution in [0.25, 0.3) is 0 Å². The van der Waals surface area contributed by atoms with Gasteiger partial charge in [0.1, 0.15) is 11.2 Å². The van der Waals surface area contributed by atoms with E-state index in [-0.39, 0.29) is 16.2 Å². The number of nitrogens with one attached hydrogen (secondary N) is 1. The van der Waals surface area contributed by atoms with E-state index in [0.29, 0.717) is 30.0 Å². The van der Waals surface area contributed by atoms with E-state index in [1.54, 1.807) is 6.92 Å². The Labute approximate surface area is 130 Å². The first-order valence-corrected chi connectivity index (χ1v) is 7.34. The molecule has 1 amide bonds. The summed E-state index contributed by atoms with van der Waals surface area (Å²) in [4.78, 5) is 12.5. The zero-order chi connectivity index (χ0) is 15.8. The first kappa shape index (κ1) is 15.8. The summed E-state index contributed by atoms with van der Waals surface area (Å²) in [5.41, 5.74) is 5.81. The van der Waals surface area contributed by atoms with Gasteiger partial charge in [-0.25, -0.2) is 4.39 Å². The number of nitrogens with two attached hydrogens (primary N) is 1. The standard InChI is InChI=1S/C14H17BrFN3O2/c1-7-5-14(6-7,12(17)19-21)13(20)18-11-4-9(15)10(16)3-8(11)2/h3-4,7,21H,5-6H2,1-2H3,(H2,17,19)(H,18,20). The van der Waals surface area contributed by atoms with Crippen molar-refractivity contribution >= 4 is 33.4 Å². The predicted octanol–water partition coefficient (Wildman–Crippen LogP) is 3.00. The maximum absolute atomic E-state index is 13.4. The van der Waals surface area contributed by atoms with Crippen LogP contribution in [0.3, 0.4) is 0 Å². The van der Waals surface area contributed by atoms with Crippen LogP contribution in [0.15, 0.2) is 21.8 Å². The van der Waals surface area contributed by atoms with Crippen molar-refractivity contribution in [3.05, 3.63) is 28.0 Å². The maximum Gasteiger partial charge on any atom is 0.238 e. The molecule has 1 fully saturated rings. The molecule has 1 aliphatic carbocycles. The lowest BCUT2D eigenvalue weighted by Crippen LogP contribution is -2.54. The van der Waals surface area contributed by atoms with Gasteiger partial charge in [-0.15, -0.1) is 0 Å². The molecule has 114 valence electrons. The lowest BCUT2D eigenvalue weighted by molar-refractivity contribution is -0.127. The van der Waals surface area contributed by atoms with E-state index in [2.05, 4.69) is 26.4 Å². The van der Waals surface area contributed by atoms with Gasteiger partial charge in [0.15, 0.2) is 5.84 Å². The molecule has 1 saturated carbocycles. The highest BCUT2D eigenvalue weighted by atomic mass is 79.9. The van der Waals surface area contributed by atoms with Gasteiger partial charge in [-0.2, -0.15) is 0 Å². The fourth-order valence-electron chi connectivity index (χ4n) is 2.76. The number of hydrogen-bond donors (Lipinski definition) is 3. The number of halogens is 2. The summed E-state index contributed by atoms with van der Waals surface area (Å²) in [7, 11) is 0. The fourth-order valence-corrected chi connectivity index (χ4v) is 3.10. The van der Waals surface area contributed by atoms with Crippen molar-refractivity contribution in [3.63, 3.8) is 0 Å². The van der Waals surface area contributed by atoms with Crippen molar-refractivity contribution in [1.82, 2.24) is 0 Å². The Morgan fingerprint density at radius 1 is 1.57 bits per heavy atom. The Morgan fingerprint density at radius 3 is 2.71 bits per heavy atom. The first-order valence-electron chi connectivity index (χ1n) is 6.55. The minimum absolute atomic E-state index is 0.0862. The first-order chi connectivity index (χ1) is 9.80. The third kappa shape index (κ3) is 2.74. The van der Waals surface area contributed by atoms with Gasteiger partial charge in [-0.05, 0) is 59.3 Å². The summed E-state index contributed by atoms with van der Waals surface area (Å²) >= 11 is 3.09. The van der Waals surface area contributed by atoms with Crippen molar-refractivity contribution in [2.24, 2.45) is 22.2 Å². The van der Waals surface area contributed by atoms with E-state index in [0.717, 1.165) is 0 Å². The summed E-state index contributed by atoms with van der Waals surface area (Å²) < 4.78 is 13.7. The molecule has 0 radical (unpaired) electrons. The quantitative estimate of drug-likeness (QED) is 0.336. The molecular formula is C14H17BrFN3O2. The number of rotatable bonds is 3. The lowest BCUT2D eigenvalue weighted by Gasteiger charge is -2.43. The molecule has 0 heterocycles. The third-order valence-electron chi connectivity index (χ3n) is 3.94. The van der Waals surface area contributed by atoms with Gasteiger partial charge in [-0.3, -0.25) is 4.79 Å². The van der Waals surface area contributed by atoms with E-state index in [1.807, 2.05) is 6.92 Å². The zero-order valence-corrected chi connectivity index (χ0v) is 13.4. The highest BCUT2D eigenvalue weighted by molar-refractivity contribution is 9.10. The zero-order valence-electron chi connectivity index (χ0n) is 11.8. The van der Waals surface area contributed by atoms with Crippen LogP contribution in [0.2, 0.25) is 0 Å². The molecule has 0 atom stereocenters. The Hall–Kier alpha value is -1.63. The minimum Gasteiger partial charge on any atom is -0.409 e. The summed E-state index contributed by atoms with van der Waals surface area (Å²) in [5.74, 6) is -0.486. The highest BCUT2D eigenvalue weighted by Crippen LogP contribution is 2.46. The number of carbonyl (C=O) groups excluding carboxylic acids is 1. The van der Waals surface area contributed by atoms with E-state index < -0.39 is 11.2 Å². The number of amidine groups is 1. The molecule has 2 rings (SSSR count). The molecule has 1 aromatic carbocycles. The number of amides is 1. The van der Waals surface area contributed by atoms with Crippen LogP contribution < -0.4 is 11.1 Å². The van der Waals surface area contributed by atoms with Crippen LogP contribution in [-0.4, -0.2) is 17.0 Å². The van der Waals surface area contributed by atoms with Gasteiger partial charge in [0, 0.05) is 5.69 Å². The number of nitrogens with zero attached hydrogens (tertiary/aromatic N) is 1. The molecule has 0 aliphatic heterocycles.